The fraction of sp³-hybridized carbons (Fsp3) is 0.256. The van der Waals surface area contributed by atoms with Crippen molar-refractivity contribution in [2.75, 3.05) is 13.7 Å². The van der Waals surface area contributed by atoms with Crippen molar-refractivity contribution >= 4 is 21.4 Å². The number of aliphatic hydroxyl groups excluding tert-OH is 2. The van der Waals surface area contributed by atoms with Crippen LogP contribution >= 0.6 is 11.3 Å². The molecule has 262 valence electrons. The van der Waals surface area contributed by atoms with Crippen molar-refractivity contribution in [2.45, 2.75) is 56.8 Å². The van der Waals surface area contributed by atoms with Gasteiger partial charge in [-0.05, 0) is 45.8 Å². The fourth-order valence-corrected chi connectivity index (χ4v) is 7.67. The smallest absolute Gasteiger partial charge is 0.129 e. The second-order valence-electron chi connectivity index (χ2n) is 12.7. The summed E-state index contributed by atoms with van der Waals surface area (Å²) in [6, 6.07) is 44.2. The van der Waals surface area contributed by atoms with Gasteiger partial charge >= 0.3 is 0 Å². The number of aliphatic hydroxyl groups is 2. The molecule has 8 heteroatoms. The largest absolute Gasteiger partial charge is 0.496 e. The number of fused-ring (bicyclic) bond motifs is 1. The average molecular weight is 703 g/mol. The Bertz CT molecular complexity index is 1950. The second-order valence-corrected chi connectivity index (χ2v) is 13.9. The van der Waals surface area contributed by atoms with Crippen LogP contribution in [0.2, 0.25) is 0 Å². The number of hydrogen-bond donors (Lipinski definition) is 2. The maximum absolute atomic E-state index is 11.6. The van der Waals surface area contributed by atoms with Crippen molar-refractivity contribution in [2.24, 2.45) is 0 Å². The Balaban J connectivity index is 1.30. The lowest BCUT2D eigenvalue weighted by Crippen LogP contribution is -2.57. The normalized spacial score (nSPS) is 20.3. The first-order chi connectivity index (χ1) is 25.1. The van der Waals surface area contributed by atoms with E-state index in [-0.39, 0.29) is 13.2 Å². The number of methoxy groups -OCH3 is 1. The molecule has 1 aromatic heterocycles. The molecule has 0 unspecified atom stereocenters. The molecule has 7 rings (SSSR count). The van der Waals surface area contributed by atoms with Gasteiger partial charge in [-0.1, -0.05) is 109 Å². The van der Waals surface area contributed by atoms with Crippen LogP contribution in [-0.4, -0.2) is 48.3 Å². The Morgan fingerprint density at radius 1 is 0.667 bits per heavy atom. The number of rotatable bonds is 14. The summed E-state index contributed by atoms with van der Waals surface area (Å²) in [4.78, 5) is 1.19. The molecule has 0 saturated carbocycles. The SMILES string of the molecule is COc1cc(OCc2ccccc2)c([C@@H]2O[C@H](CO)[C@H](O)[C@H](OCc3ccccc3)[C@H]2OCc2ccccc2)cc1Cc1cc2ccccc2s1. The zero-order valence-electron chi connectivity index (χ0n) is 28.5. The minimum Gasteiger partial charge on any atom is -0.496 e. The molecule has 5 atom stereocenters. The van der Waals surface area contributed by atoms with E-state index >= 15 is 0 Å². The van der Waals surface area contributed by atoms with E-state index in [4.69, 9.17) is 23.7 Å². The van der Waals surface area contributed by atoms with E-state index in [0.717, 1.165) is 27.8 Å². The first-order valence-corrected chi connectivity index (χ1v) is 18.0. The molecule has 7 nitrogen and oxygen atoms in total. The summed E-state index contributed by atoms with van der Waals surface area (Å²) in [6.45, 7) is 0.419. The molecular weight excluding hydrogens is 661 g/mol. The first-order valence-electron chi connectivity index (χ1n) is 17.2. The summed E-state index contributed by atoms with van der Waals surface area (Å²) in [5.74, 6) is 1.25. The van der Waals surface area contributed by atoms with Gasteiger partial charge in [0.05, 0.1) is 26.9 Å². The Labute approximate surface area is 302 Å². The van der Waals surface area contributed by atoms with Gasteiger partial charge < -0.3 is 33.9 Å². The molecule has 2 heterocycles. The Morgan fingerprint density at radius 3 is 1.86 bits per heavy atom. The van der Waals surface area contributed by atoms with Crippen molar-refractivity contribution in [1.29, 1.82) is 0 Å². The fourth-order valence-electron chi connectivity index (χ4n) is 6.58. The Morgan fingerprint density at radius 2 is 1.25 bits per heavy atom. The van der Waals surface area contributed by atoms with Crippen molar-refractivity contribution in [3.05, 3.63) is 166 Å². The van der Waals surface area contributed by atoms with Gasteiger partial charge in [-0.2, -0.15) is 0 Å². The standard InChI is InChI=1S/C43H42O7S/c1-46-36-24-37(47-26-29-13-5-2-6-14-29)35(23-33(36)22-34-21-32-19-11-12-20-39(32)51-34)41-43(49-28-31-17-9-4-10-18-31)42(40(45)38(25-44)50-41)48-27-30-15-7-3-8-16-30/h2-21,23-24,38,40-45H,22,25-28H2,1H3/t38-,40+,41+,42+,43+/m1/s1. The average Bonchev–Trinajstić information content (AvgIpc) is 3.59. The minimum atomic E-state index is -1.15. The van der Waals surface area contributed by atoms with Crippen LogP contribution in [0.3, 0.4) is 0 Å². The lowest BCUT2D eigenvalue weighted by Gasteiger charge is -2.44. The minimum absolute atomic E-state index is 0.246. The molecule has 51 heavy (non-hydrogen) atoms. The molecule has 1 aliphatic heterocycles. The summed E-state index contributed by atoms with van der Waals surface area (Å²) >= 11 is 1.75. The van der Waals surface area contributed by atoms with Crippen LogP contribution in [-0.2, 0) is 40.5 Å². The summed E-state index contributed by atoms with van der Waals surface area (Å²) < 4.78 is 33.6. The maximum atomic E-state index is 11.6. The molecule has 1 fully saturated rings. The van der Waals surface area contributed by atoms with Gasteiger partial charge in [0, 0.05) is 27.6 Å². The van der Waals surface area contributed by atoms with Gasteiger partial charge in [-0.25, -0.2) is 0 Å². The maximum Gasteiger partial charge on any atom is 0.129 e. The Kier molecular flexibility index (Phi) is 11.4. The monoisotopic (exact) mass is 702 g/mol. The zero-order valence-corrected chi connectivity index (χ0v) is 29.3. The summed E-state index contributed by atoms with van der Waals surface area (Å²) in [6.07, 6.45) is -3.83. The van der Waals surface area contributed by atoms with Gasteiger partial charge in [0.15, 0.2) is 0 Å². The highest BCUT2D eigenvalue weighted by Gasteiger charge is 2.48. The topological polar surface area (TPSA) is 86.6 Å². The molecule has 1 saturated heterocycles. The van der Waals surface area contributed by atoms with E-state index in [1.165, 1.54) is 15.0 Å². The van der Waals surface area contributed by atoms with Gasteiger partial charge in [0.2, 0.25) is 0 Å². The zero-order chi connectivity index (χ0) is 35.0. The van der Waals surface area contributed by atoms with E-state index < -0.39 is 37.1 Å². The van der Waals surface area contributed by atoms with E-state index in [9.17, 15) is 10.2 Å². The van der Waals surface area contributed by atoms with E-state index in [2.05, 4.69) is 36.4 Å². The Hall–Kier alpha value is -4.54. The van der Waals surface area contributed by atoms with Crippen LogP contribution in [0.15, 0.2) is 133 Å². The predicted octanol–water partition coefficient (Wildman–Crippen LogP) is 8.04. The van der Waals surface area contributed by atoms with E-state index in [1.807, 2.05) is 97.1 Å². The summed E-state index contributed by atoms with van der Waals surface area (Å²) in [5, 5.41) is 23.3. The molecule has 5 aromatic carbocycles. The lowest BCUT2D eigenvalue weighted by molar-refractivity contribution is -0.260. The molecular formula is C43H42O7S. The highest BCUT2D eigenvalue weighted by molar-refractivity contribution is 7.19. The van der Waals surface area contributed by atoms with Crippen molar-refractivity contribution in [1.82, 2.24) is 0 Å². The molecule has 0 bridgehead atoms. The molecule has 0 spiro atoms. The number of thiophene rings is 1. The van der Waals surface area contributed by atoms with Gasteiger partial charge in [0.1, 0.15) is 48.6 Å². The third-order valence-electron chi connectivity index (χ3n) is 9.21. The van der Waals surface area contributed by atoms with Crippen LogP contribution in [0.5, 0.6) is 11.5 Å². The third kappa shape index (κ3) is 8.34. The van der Waals surface area contributed by atoms with Crippen LogP contribution in [0.25, 0.3) is 10.1 Å². The molecule has 0 aliphatic carbocycles. The predicted molar refractivity (Wildman–Crippen MR) is 199 cm³/mol. The number of ether oxygens (including phenoxy) is 5. The van der Waals surface area contributed by atoms with Gasteiger partial charge in [-0.3, -0.25) is 0 Å². The lowest BCUT2D eigenvalue weighted by atomic mass is 9.89. The quantitative estimate of drug-likeness (QED) is 0.119. The van der Waals surface area contributed by atoms with Crippen LogP contribution in [0.4, 0.5) is 0 Å². The first kappa shape index (κ1) is 34.9. The van der Waals surface area contributed by atoms with E-state index in [0.29, 0.717) is 24.5 Å². The number of hydrogen-bond acceptors (Lipinski definition) is 8. The summed E-state index contributed by atoms with van der Waals surface area (Å²) in [5.41, 5.74) is 4.60. The van der Waals surface area contributed by atoms with Crippen molar-refractivity contribution in [3.8, 4) is 11.5 Å². The van der Waals surface area contributed by atoms with Gasteiger partial charge in [-0.15, -0.1) is 11.3 Å². The highest BCUT2D eigenvalue weighted by atomic mass is 32.1. The summed E-state index contributed by atoms with van der Waals surface area (Å²) in [7, 11) is 1.67. The molecule has 0 radical (unpaired) electrons. The van der Waals surface area contributed by atoms with E-state index in [1.54, 1.807) is 18.4 Å². The second kappa shape index (κ2) is 16.7. The van der Waals surface area contributed by atoms with Crippen molar-refractivity contribution in [3.63, 3.8) is 0 Å². The molecule has 1 aliphatic rings. The third-order valence-corrected chi connectivity index (χ3v) is 10.3. The molecule has 0 amide bonds. The molecule has 2 N–H and O–H groups in total. The molecule has 6 aromatic rings. The van der Waals surface area contributed by atoms with Gasteiger partial charge in [0.25, 0.3) is 0 Å². The van der Waals surface area contributed by atoms with Crippen LogP contribution in [0.1, 0.15) is 38.8 Å². The van der Waals surface area contributed by atoms with Crippen molar-refractivity contribution < 1.29 is 33.9 Å². The highest BCUT2D eigenvalue weighted by Crippen LogP contribution is 2.44. The van der Waals surface area contributed by atoms with Crippen LogP contribution in [0, 0.1) is 0 Å². The van der Waals surface area contributed by atoms with Crippen LogP contribution < -0.4 is 9.47 Å². The number of benzene rings is 5.